The van der Waals surface area contributed by atoms with Crippen LogP contribution in [0.1, 0.15) is 26.3 Å². The third kappa shape index (κ3) is 3.91. The van der Waals surface area contributed by atoms with Crippen LogP contribution in [0.4, 0.5) is 0 Å². The summed E-state index contributed by atoms with van der Waals surface area (Å²) in [4.78, 5) is 4.49. The Morgan fingerprint density at radius 2 is 2.06 bits per heavy atom. The molecule has 3 N–H and O–H groups in total. The second-order valence-corrected chi connectivity index (χ2v) is 5.06. The third-order valence-electron chi connectivity index (χ3n) is 2.00. The zero-order chi connectivity index (χ0) is 13.1. The molecule has 0 saturated heterocycles. The maximum Gasteiger partial charge on any atom is 0.146 e. The highest BCUT2D eigenvalue weighted by Gasteiger charge is 2.14. The predicted molar refractivity (Wildman–Crippen MR) is 71.6 cm³/mol. The van der Waals surface area contributed by atoms with Gasteiger partial charge in [-0.05, 0) is 39.0 Å². The Kier molecular flexibility index (Phi) is 4.37. The fraction of sp³-hybridized carbons (Fsp3) is 0.417. The van der Waals surface area contributed by atoms with Crippen molar-refractivity contribution >= 4 is 17.4 Å². The van der Waals surface area contributed by atoms with Crippen molar-refractivity contribution in [2.45, 2.75) is 26.3 Å². The van der Waals surface area contributed by atoms with E-state index in [0.717, 1.165) is 5.56 Å². The summed E-state index contributed by atoms with van der Waals surface area (Å²) in [5.41, 5.74) is 3.09. The van der Waals surface area contributed by atoms with Gasteiger partial charge in [-0.15, -0.1) is 0 Å². The Labute approximate surface area is 107 Å². The molecule has 0 atom stereocenters. The second-order valence-electron chi connectivity index (χ2n) is 4.62. The molecule has 1 aromatic carbocycles. The lowest BCUT2D eigenvalue weighted by molar-refractivity contribution is 0.413. The summed E-state index contributed by atoms with van der Waals surface area (Å²) in [6, 6.07) is 5.31. The lowest BCUT2D eigenvalue weighted by atomic mass is 10.1. The molecule has 17 heavy (non-hydrogen) atoms. The van der Waals surface area contributed by atoms with Gasteiger partial charge >= 0.3 is 0 Å². The topological polar surface area (TPSA) is 59.6 Å². The quantitative estimate of drug-likeness (QED) is 0.369. The molecule has 0 aliphatic rings. The minimum absolute atomic E-state index is 0.241. The van der Waals surface area contributed by atoms with Crippen LogP contribution in [-0.4, -0.2) is 18.5 Å². The van der Waals surface area contributed by atoms with Gasteiger partial charge in [0.25, 0.3) is 0 Å². The van der Waals surface area contributed by atoms with Crippen LogP contribution in [0, 0.1) is 0 Å². The van der Waals surface area contributed by atoms with Crippen molar-refractivity contribution in [2.24, 2.45) is 10.8 Å². The number of hydrazine groups is 1. The highest BCUT2D eigenvalue weighted by atomic mass is 35.5. The Balaban J connectivity index is 3.29. The molecule has 0 aliphatic carbocycles. The number of amidine groups is 1. The van der Waals surface area contributed by atoms with Crippen LogP contribution in [-0.2, 0) is 0 Å². The van der Waals surface area contributed by atoms with Gasteiger partial charge in [0.2, 0.25) is 0 Å². The number of nitrogens with zero attached hydrogens (tertiary/aromatic N) is 1. The van der Waals surface area contributed by atoms with Crippen LogP contribution >= 0.6 is 11.6 Å². The molecule has 1 rings (SSSR count). The van der Waals surface area contributed by atoms with Gasteiger partial charge in [-0.1, -0.05) is 11.6 Å². The van der Waals surface area contributed by atoms with Gasteiger partial charge in [-0.25, -0.2) is 5.84 Å². The van der Waals surface area contributed by atoms with Crippen molar-refractivity contribution in [1.29, 1.82) is 0 Å². The van der Waals surface area contributed by atoms with Crippen LogP contribution in [0.3, 0.4) is 0 Å². The summed E-state index contributed by atoms with van der Waals surface area (Å²) < 4.78 is 5.26. The summed E-state index contributed by atoms with van der Waals surface area (Å²) in [5, 5.41) is 0.609. The average molecular weight is 256 g/mol. The third-order valence-corrected chi connectivity index (χ3v) is 2.24. The van der Waals surface area contributed by atoms with Crippen LogP contribution in [0.15, 0.2) is 23.2 Å². The van der Waals surface area contributed by atoms with E-state index in [-0.39, 0.29) is 5.54 Å². The highest BCUT2D eigenvalue weighted by Crippen LogP contribution is 2.23. The lowest BCUT2D eigenvalue weighted by Crippen LogP contribution is -2.34. The van der Waals surface area contributed by atoms with Crippen LogP contribution in [0.5, 0.6) is 5.75 Å². The number of hydrogen-bond donors (Lipinski definition) is 2. The van der Waals surface area contributed by atoms with Crippen molar-refractivity contribution in [3.8, 4) is 5.75 Å². The van der Waals surface area contributed by atoms with Crippen molar-refractivity contribution in [2.75, 3.05) is 7.11 Å². The van der Waals surface area contributed by atoms with Gasteiger partial charge in [0.05, 0.1) is 18.2 Å². The summed E-state index contributed by atoms with van der Waals surface area (Å²) in [5.74, 6) is 6.74. The number of methoxy groups -OCH3 is 1. The summed E-state index contributed by atoms with van der Waals surface area (Å²) >= 11 is 5.97. The number of rotatable bonds is 2. The van der Waals surface area contributed by atoms with Crippen molar-refractivity contribution < 1.29 is 4.74 Å². The monoisotopic (exact) mass is 255 g/mol. The van der Waals surface area contributed by atoms with E-state index in [0.29, 0.717) is 16.6 Å². The number of benzene rings is 1. The van der Waals surface area contributed by atoms with Crippen LogP contribution < -0.4 is 16.0 Å². The van der Waals surface area contributed by atoms with E-state index < -0.39 is 0 Å². The first-order valence-corrected chi connectivity index (χ1v) is 5.65. The Bertz CT molecular complexity index is 424. The van der Waals surface area contributed by atoms with E-state index in [9.17, 15) is 0 Å². The molecule has 4 nitrogen and oxygen atoms in total. The second kappa shape index (κ2) is 5.38. The molecular weight excluding hydrogens is 238 g/mol. The Morgan fingerprint density at radius 3 is 2.53 bits per heavy atom. The molecule has 0 bridgehead atoms. The highest BCUT2D eigenvalue weighted by molar-refractivity contribution is 6.31. The number of halogens is 1. The molecule has 0 amide bonds. The standard InChI is InChI=1S/C12H18ClN3O/c1-12(2,3)15-11(16-14)9-7-8(13)5-6-10(9)17-4/h5-7H,14H2,1-4H3,(H,15,16). The molecule has 1 aromatic rings. The minimum atomic E-state index is -0.241. The minimum Gasteiger partial charge on any atom is -0.496 e. The summed E-state index contributed by atoms with van der Waals surface area (Å²) in [7, 11) is 1.60. The van der Waals surface area contributed by atoms with Gasteiger partial charge in [0.15, 0.2) is 0 Å². The number of nitrogens with one attached hydrogen (secondary N) is 1. The van der Waals surface area contributed by atoms with E-state index in [4.69, 9.17) is 22.2 Å². The molecule has 0 heterocycles. The fourth-order valence-corrected chi connectivity index (χ4v) is 1.54. The number of nitrogens with two attached hydrogens (primary N) is 1. The van der Waals surface area contributed by atoms with Gasteiger partial charge in [-0.3, -0.25) is 4.99 Å². The zero-order valence-corrected chi connectivity index (χ0v) is 11.3. The molecule has 0 fully saturated rings. The largest absolute Gasteiger partial charge is 0.496 e. The average Bonchev–Trinajstić information content (AvgIpc) is 2.24. The van der Waals surface area contributed by atoms with E-state index in [1.54, 1.807) is 25.3 Å². The SMILES string of the molecule is COc1ccc(Cl)cc1C(=NC(C)(C)C)NN. The predicted octanol–water partition coefficient (Wildman–Crippen LogP) is 2.36. The van der Waals surface area contributed by atoms with Gasteiger partial charge in [-0.2, -0.15) is 0 Å². The molecule has 0 spiro atoms. The van der Waals surface area contributed by atoms with Crippen molar-refractivity contribution in [3.05, 3.63) is 28.8 Å². The van der Waals surface area contributed by atoms with Gasteiger partial charge < -0.3 is 10.2 Å². The normalized spacial score (nSPS) is 12.5. The number of ether oxygens (including phenoxy) is 1. The number of aliphatic imine (C=N–C) groups is 1. The fourth-order valence-electron chi connectivity index (χ4n) is 1.37. The van der Waals surface area contributed by atoms with E-state index in [2.05, 4.69) is 10.4 Å². The zero-order valence-electron chi connectivity index (χ0n) is 10.5. The lowest BCUT2D eigenvalue weighted by Gasteiger charge is -2.17. The molecule has 0 saturated carbocycles. The molecule has 0 aliphatic heterocycles. The molecule has 0 radical (unpaired) electrons. The van der Waals surface area contributed by atoms with E-state index >= 15 is 0 Å². The van der Waals surface area contributed by atoms with Gasteiger partial charge in [0.1, 0.15) is 11.6 Å². The molecule has 0 aromatic heterocycles. The van der Waals surface area contributed by atoms with E-state index in [1.165, 1.54) is 0 Å². The first kappa shape index (κ1) is 13.8. The summed E-state index contributed by atoms with van der Waals surface area (Å²) in [6.45, 7) is 5.96. The maximum absolute atomic E-state index is 5.97. The molecule has 94 valence electrons. The Morgan fingerprint density at radius 1 is 1.41 bits per heavy atom. The van der Waals surface area contributed by atoms with Crippen molar-refractivity contribution in [3.63, 3.8) is 0 Å². The van der Waals surface area contributed by atoms with Crippen LogP contribution in [0.25, 0.3) is 0 Å². The van der Waals surface area contributed by atoms with Gasteiger partial charge in [0, 0.05) is 5.02 Å². The first-order valence-electron chi connectivity index (χ1n) is 5.28. The Hall–Kier alpha value is -1.26. The number of hydrogen-bond acceptors (Lipinski definition) is 3. The van der Waals surface area contributed by atoms with Crippen molar-refractivity contribution in [1.82, 2.24) is 5.43 Å². The first-order chi connectivity index (χ1) is 7.87. The summed E-state index contributed by atoms with van der Waals surface area (Å²) in [6.07, 6.45) is 0. The molecule has 5 heteroatoms. The molecular formula is C12H18ClN3O. The van der Waals surface area contributed by atoms with Crippen LogP contribution in [0.2, 0.25) is 5.02 Å². The smallest absolute Gasteiger partial charge is 0.146 e. The maximum atomic E-state index is 5.97. The molecule has 0 unspecified atom stereocenters. The van der Waals surface area contributed by atoms with E-state index in [1.807, 2.05) is 20.8 Å².